The van der Waals surface area contributed by atoms with Crippen LogP contribution in [0.5, 0.6) is 0 Å². The van der Waals surface area contributed by atoms with Crippen LogP contribution >= 0.6 is 0 Å². The number of anilines is 2. The number of hydrogen-bond donors (Lipinski definition) is 2. The van der Waals surface area contributed by atoms with E-state index in [1.165, 1.54) is 12.3 Å². The van der Waals surface area contributed by atoms with Crippen molar-refractivity contribution in [2.24, 2.45) is 0 Å². The zero-order chi connectivity index (χ0) is 13.3. The van der Waals surface area contributed by atoms with Crippen LogP contribution in [0.4, 0.5) is 11.5 Å². The van der Waals surface area contributed by atoms with Crippen molar-refractivity contribution in [2.75, 3.05) is 37.3 Å². The average Bonchev–Trinajstić information content (AvgIpc) is 2.32. The number of likely N-dealkylation sites (N-methyl/N-ethyl adjacent to an activating group) is 1. The van der Waals surface area contributed by atoms with Crippen molar-refractivity contribution >= 4 is 17.5 Å². The number of carbonyl (C=O) groups is 1. The number of hydrogen-bond acceptors (Lipinski definition) is 5. The van der Waals surface area contributed by atoms with Gasteiger partial charge in [-0.05, 0) is 20.0 Å². The number of nitrogens with zero attached hydrogens (tertiary/aromatic N) is 3. The van der Waals surface area contributed by atoms with Crippen LogP contribution in [0.3, 0.4) is 0 Å². The third-order valence-electron chi connectivity index (χ3n) is 3.38. The molecule has 0 saturated carbocycles. The molecule has 1 aromatic heterocycles. The van der Waals surface area contributed by atoms with Gasteiger partial charge in [0.15, 0.2) is 0 Å². The molecule has 0 aliphatic carbocycles. The van der Waals surface area contributed by atoms with Crippen molar-refractivity contribution in [1.82, 2.24) is 9.88 Å². The average molecular weight is 250 g/mol. The van der Waals surface area contributed by atoms with Crippen LogP contribution in [0.2, 0.25) is 0 Å². The third-order valence-corrected chi connectivity index (χ3v) is 3.38. The first-order valence-corrected chi connectivity index (χ1v) is 5.93. The Kier molecular flexibility index (Phi) is 3.38. The SMILES string of the molecule is CC1CN(c2ncc(N)cc2C(=O)O)CCN1C. The highest BCUT2D eigenvalue weighted by atomic mass is 16.4. The van der Waals surface area contributed by atoms with Crippen molar-refractivity contribution in [2.45, 2.75) is 13.0 Å². The Hall–Kier alpha value is -1.82. The van der Waals surface area contributed by atoms with Gasteiger partial charge in [0.1, 0.15) is 11.4 Å². The summed E-state index contributed by atoms with van der Waals surface area (Å²) in [4.78, 5) is 19.7. The van der Waals surface area contributed by atoms with Crippen LogP contribution in [-0.4, -0.2) is 53.7 Å². The highest BCUT2D eigenvalue weighted by Gasteiger charge is 2.25. The molecule has 18 heavy (non-hydrogen) atoms. The second-order valence-electron chi connectivity index (χ2n) is 4.72. The van der Waals surface area contributed by atoms with Gasteiger partial charge in [0, 0.05) is 25.7 Å². The Balaban J connectivity index is 2.30. The van der Waals surface area contributed by atoms with E-state index in [0.29, 0.717) is 17.5 Å². The molecule has 1 atom stereocenters. The second-order valence-corrected chi connectivity index (χ2v) is 4.72. The van der Waals surface area contributed by atoms with Gasteiger partial charge in [-0.1, -0.05) is 0 Å². The lowest BCUT2D eigenvalue weighted by Gasteiger charge is -2.38. The van der Waals surface area contributed by atoms with Gasteiger partial charge < -0.3 is 20.6 Å². The van der Waals surface area contributed by atoms with Crippen LogP contribution in [-0.2, 0) is 0 Å². The van der Waals surface area contributed by atoms with Crippen molar-refractivity contribution in [3.63, 3.8) is 0 Å². The summed E-state index contributed by atoms with van der Waals surface area (Å²) in [5.41, 5.74) is 6.14. The van der Waals surface area contributed by atoms with E-state index in [0.717, 1.165) is 19.6 Å². The summed E-state index contributed by atoms with van der Waals surface area (Å²) in [5, 5.41) is 9.21. The number of carboxylic acid groups (broad SMARTS) is 1. The monoisotopic (exact) mass is 250 g/mol. The predicted molar refractivity (Wildman–Crippen MR) is 69.9 cm³/mol. The van der Waals surface area contributed by atoms with Crippen LogP contribution in [0.25, 0.3) is 0 Å². The smallest absolute Gasteiger partial charge is 0.339 e. The summed E-state index contributed by atoms with van der Waals surface area (Å²) in [5.74, 6) is -0.479. The minimum atomic E-state index is -0.989. The highest BCUT2D eigenvalue weighted by molar-refractivity contribution is 5.94. The van der Waals surface area contributed by atoms with E-state index in [9.17, 15) is 9.90 Å². The fourth-order valence-corrected chi connectivity index (χ4v) is 2.12. The van der Waals surface area contributed by atoms with Gasteiger partial charge in [0.2, 0.25) is 0 Å². The first kappa shape index (κ1) is 12.6. The first-order valence-electron chi connectivity index (χ1n) is 5.93. The van der Waals surface area contributed by atoms with E-state index in [2.05, 4.69) is 23.9 Å². The lowest BCUT2D eigenvalue weighted by molar-refractivity contribution is 0.0697. The molecule has 1 unspecified atom stereocenters. The lowest BCUT2D eigenvalue weighted by Crippen LogP contribution is -2.50. The molecule has 0 amide bonds. The Labute approximate surface area is 106 Å². The van der Waals surface area contributed by atoms with E-state index in [-0.39, 0.29) is 5.56 Å². The Morgan fingerprint density at radius 3 is 2.89 bits per heavy atom. The molecule has 1 aliphatic heterocycles. The molecular weight excluding hydrogens is 232 g/mol. The molecule has 2 heterocycles. The topological polar surface area (TPSA) is 82.7 Å². The van der Waals surface area contributed by atoms with Crippen molar-refractivity contribution in [3.8, 4) is 0 Å². The summed E-state index contributed by atoms with van der Waals surface area (Å²) in [6.45, 7) is 4.56. The number of piperazine rings is 1. The maximum atomic E-state index is 11.2. The second kappa shape index (κ2) is 4.81. The van der Waals surface area contributed by atoms with Crippen LogP contribution in [0.1, 0.15) is 17.3 Å². The molecule has 6 nitrogen and oxygen atoms in total. The maximum Gasteiger partial charge on any atom is 0.339 e. The molecule has 1 aromatic rings. The van der Waals surface area contributed by atoms with Gasteiger partial charge in [-0.25, -0.2) is 9.78 Å². The zero-order valence-corrected chi connectivity index (χ0v) is 10.6. The highest BCUT2D eigenvalue weighted by Crippen LogP contribution is 2.22. The largest absolute Gasteiger partial charge is 0.478 e. The predicted octanol–water partition coefficient (Wildman–Crippen LogP) is 0.502. The molecule has 0 aromatic carbocycles. The number of carboxylic acids is 1. The molecule has 1 aliphatic rings. The normalized spacial score (nSPS) is 21.0. The van der Waals surface area contributed by atoms with E-state index >= 15 is 0 Å². The molecule has 0 radical (unpaired) electrons. The van der Waals surface area contributed by atoms with E-state index in [4.69, 9.17) is 5.73 Å². The molecule has 3 N–H and O–H groups in total. The minimum Gasteiger partial charge on any atom is -0.478 e. The zero-order valence-electron chi connectivity index (χ0n) is 10.6. The van der Waals surface area contributed by atoms with E-state index in [1.807, 2.05) is 4.90 Å². The molecular formula is C12H18N4O2. The van der Waals surface area contributed by atoms with Gasteiger partial charge >= 0.3 is 5.97 Å². The quantitative estimate of drug-likeness (QED) is 0.795. The molecule has 0 bridgehead atoms. The van der Waals surface area contributed by atoms with Crippen LogP contribution in [0, 0.1) is 0 Å². The number of aromatic nitrogens is 1. The number of nitrogens with two attached hydrogens (primary N) is 1. The number of aromatic carboxylic acids is 1. The molecule has 0 spiro atoms. The summed E-state index contributed by atoms with van der Waals surface area (Å²) in [6, 6.07) is 1.84. The molecule has 1 fully saturated rings. The summed E-state index contributed by atoms with van der Waals surface area (Å²) in [7, 11) is 2.07. The van der Waals surface area contributed by atoms with Crippen molar-refractivity contribution in [3.05, 3.63) is 17.8 Å². The lowest BCUT2D eigenvalue weighted by atomic mass is 10.1. The third kappa shape index (κ3) is 2.38. The summed E-state index contributed by atoms with van der Waals surface area (Å²) < 4.78 is 0. The van der Waals surface area contributed by atoms with Crippen molar-refractivity contribution in [1.29, 1.82) is 0 Å². The number of nitrogen functional groups attached to an aromatic ring is 1. The Morgan fingerprint density at radius 1 is 1.56 bits per heavy atom. The van der Waals surface area contributed by atoms with Gasteiger partial charge in [0.05, 0.1) is 11.9 Å². The number of pyridine rings is 1. The molecule has 6 heteroatoms. The Morgan fingerprint density at radius 2 is 2.28 bits per heavy atom. The van der Waals surface area contributed by atoms with Gasteiger partial charge in [0.25, 0.3) is 0 Å². The molecule has 2 rings (SSSR count). The van der Waals surface area contributed by atoms with Gasteiger partial charge in [-0.2, -0.15) is 0 Å². The molecule has 1 saturated heterocycles. The van der Waals surface area contributed by atoms with Crippen molar-refractivity contribution < 1.29 is 9.90 Å². The van der Waals surface area contributed by atoms with E-state index < -0.39 is 5.97 Å². The van der Waals surface area contributed by atoms with E-state index in [1.54, 1.807) is 0 Å². The summed E-state index contributed by atoms with van der Waals surface area (Å²) in [6.07, 6.45) is 1.50. The Bertz CT molecular complexity index is 463. The fraction of sp³-hybridized carbons (Fsp3) is 0.500. The standard InChI is InChI=1S/C12H18N4O2/c1-8-7-16(4-3-15(8)2)11-10(12(17)18)5-9(13)6-14-11/h5-6,8H,3-4,7,13H2,1-2H3,(H,17,18). The van der Waals surface area contributed by atoms with Gasteiger partial charge in [-0.3, -0.25) is 0 Å². The first-order chi connectivity index (χ1) is 8.49. The van der Waals surface area contributed by atoms with Gasteiger partial charge in [-0.15, -0.1) is 0 Å². The fourth-order valence-electron chi connectivity index (χ4n) is 2.12. The van der Waals surface area contributed by atoms with Crippen LogP contribution < -0.4 is 10.6 Å². The number of rotatable bonds is 2. The minimum absolute atomic E-state index is 0.173. The van der Waals surface area contributed by atoms with Crippen LogP contribution in [0.15, 0.2) is 12.3 Å². The molecule has 98 valence electrons. The maximum absolute atomic E-state index is 11.2. The summed E-state index contributed by atoms with van der Waals surface area (Å²) >= 11 is 0.